The third-order valence-corrected chi connectivity index (χ3v) is 1.87. The molecule has 2 N–H and O–H groups in total. The van der Waals surface area contributed by atoms with Crippen LogP contribution in [0.4, 0.5) is 0 Å². The lowest BCUT2D eigenvalue weighted by Crippen LogP contribution is -2.17. The number of nitrogens with two attached hydrogens (primary N) is 1. The van der Waals surface area contributed by atoms with E-state index in [0.717, 1.165) is 0 Å². The lowest BCUT2D eigenvalue weighted by Gasteiger charge is -2.05. The molecule has 0 aliphatic rings. The Kier molecular flexibility index (Phi) is 2.64. The summed E-state index contributed by atoms with van der Waals surface area (Å²) in [6, 6.07) is 1.45. The minimum absolute atomic E-state index is 0.296. The third-order valence-electron chi connectivity index (χ3n) is 1.87. The quantitative estimate of drug-likeness (QED) is 0.707. The predicted octanol–water partition coefficient (Wildman–Crippen LogP) is -0.757. The van der Waals surface area contributed by atoms with E-state index in [1.54, 1.807) is 25.5 Å². The molecular formula is C8H11N7. The average Bonchev–Trinajstić information content (AvgIpc) is 2.65. The fourth-order valence-corrected chi connectivity index (χ4v) is 1.20. The van der Waals surface area contributed by atoms with Gasteiger partial charge in [0, 0.05) is 18.8 Å². The van der Waals surface area contributed by atoms with Gasteiger partial charge in [-0.25, -0.2) is 9.97 Å². The highest BCUT2D eigenvalue weighted by Crippen LogP contribution is 2.07. The standard InChI is InChI=1S/C8H11N7/c1-15-13-7(12-14-15)5-6(9)8-10-3-2-4-11-8/h2-4,6H,5,9H2,1H3. The van der Waals surface area contributed by atoms with Crippen LogP contribution in [0, 0.1) is 0 Å². The maximum absolute atomic E-state index is 5.89. The molecule has 2 rings (SSSR count). The van der Waals surface area contributed by atoms with Gasteiger partial charge in [-0.1, -0.05) is 0 Å². The Labute approximate surface area is 86.3 Å². The van der Waals surface area contributed by atoms with E-state index in [4.69, 9.17) is 5.73 Å². The van der Waals surface area contributed by atoms with Crippen molar-refractivity contribution < 1.29 is 0 Å². The Morgan fingerprint density at radius 3 is 2.73 bits per heavy atom. The number of tetrazole rings is 1. The minimum Gasteiger partial charge on any atom is -0.321 e. The van der Waals surface area contributed by atoms with E-state index in [2.05, 4.69) is 25.4 Å². The van der Waals surface area contributed by atoms with Crippen LogP contribution in [-0.2, 0) is 13.5 Å². The lowest BCUT2D eigenvalue weighted by molar-refractivity contribution is 0.615. The van der Waals surface area contributed by atoms with Crippen LogP contribution in [-0.4, -0.2) is 30.2 Å². The van der Waals surface area contributed by atoms with Gasteiger partial charge in [-0.05, 0) is 11.3 Å². The van der Waals surface area contributed by atoms with Crippen LogP contribution in [0.1, 0.15) is 17.7 Å². The van der Waals surface area contributed by atoms with Crippen LogP contribution >= 0.6 is 0 Å². The molecule has 0 saturated carbocycles. The van der Waals surface area contributed by atoms with Gasteiger partial charge in [0.15, 0.2) is 5.82 Å². The summed E-state index contributed by atoms with van der Waals surface area (Å²) in [6.45, 7) is 0. The fraction of sp³-hybridized carbons (Fsp3) is 0.375. The Hall–Kier alpha value is -1.89. The van der Waals surface area contributed by atoms with Crippen LogP contribution in [0.3, 0.4) is 0 Å². The van der Waals surface area contributed by atoms with Gasteiger partial charge in [0.25, 0.3) is 0 Å². The van der Waals surface area contributed by atoms with Gasteiger partial charge in [0.1, 0.15) is 5.82 Å². The molecule has 15 heavy (non-hydrogen) atoms. The highest BCUT2D eigenvalue weighted by atomic mass is 15.6. The molecule has 0 radical (unpaired) electrons. The van der Waals surface area contributed by atoms with Gasteiger partial charge in [-0.2, -0.15) is 4.80 Å². The largest absolute Gasteiger partial charge is 0.321 e. The highest BCUT2D eigenvalue weighted by molar-refractivity contribution is 4.98. The van der Waals surface area contributed by atoms with E-state index in [1.807, 2.05) is 0 Å². The van der Waals surface area contributed by atoms with Crippen LogP contribution in [0.5, 0.6) is 0 Å². The van der Waals surface area contributed by atoms with Gasteiger partial charge < -0.3 is 5.73 Å². The topological polar surface area (TPSA) is 95.4 Å². The molecule has 2 aromatic heterocycles. The van der Waals surface area contributed by atoms with Crippen molar-refractivity contribution >= 4 is 0 Å². The number of rotatable bonds is 3. The van der Waals surface area contributed by atoms with Crippen molar-refractivity contribution in [3.63, 3.8) is 0 Å². The van der Waals surface area contributed by atoms with Gasteiger partial charge in [-0.15, -0.1) is 10.2 Å². The maximum Gasteiger partial charge on any atom is 0.176 e. The fourth-order valence-electron chi connectivity index (χ4n) is 1.20. The molecule has 0 saturated heterocycles. The van der Waals surface area contributed by atoms with Crippen molar-refractivity contribution in [3.05, 3.63) is 30.1 Å². The summed E-state index contributed by atoms with van der Waals surface area (Å²) >= 11 is 0. The molecule has 2 heterocycles. The number of aromatic nitrogens is 6. The van der Waals surface area contributed by atoms with E-state index in [1.165, 1.54) is 4.80 Å². The minimum atomic E-state index is -0.296. The molecule has 0 bridgehead atoms. The summed E-state index contributed by atoms with van der Waals surface area (Å²) in [5, 5.41) is 11.6. The molecule has 0 aromatic carbocycles. The first-order valence-electron chi connectivity index (χ1n) is 4.51. The summed E-state index contributed by atoms with van der Waals surface area (Å²) < 4.78 is 0. The number of aryl methyl sites for hydroxylation is 1. The second kappa shape index (κ2) is 4.09. The first-order chi connectivity index (χ1) is 7.25. The third kappa shape index (κ3) is 2.32. The first-order valence-corrected chi connectivity index (χ1v) is 4.51. The number of hydrogen-bond donors (Lipinski definition) is 1. The van der Waals surface area contributed by atoms with Gasteiger partial charge in [0.2, 0.25) is 0 Å². The maximum atomic E-state index is 5.89. The molecule has 0 aliphatic heterocycles. The zero-order valence-electron chi connectivity index (χ0n) is 8.28. The van der Waals surface area contributed by atoms with Crippen LogP contribution < -0.4 is 5.73 Å². The lowest BCUT2D eigenvalue weighted by atomic mass is 10.2. The Balaban J connectivity index is 2.07. The molecule has 0 fully saturated rings. The van der Waals surface area contributed by atoms with Gasteiger partial charge in [-0.3, -0.25) is 0 Å². The van der Waals surface area contributed by atoms with E-state index >= 15 is 0 Å². The van der Waals surface area contributed by atoms with Crippen LogP contribution in [0.2, 0.25) is 0 Å². The first kappa shape index (κ1) is 9.66. The second-order valence-corrected chi connectivity index (χ2v) is 3.11. The van der Waals surface area contributed by atoms with Crippen molar-refractivity contribution in [2.75, 3.05) is 0 Å². The zero-order valence-corrected chi connectivity index (χ0v) is 8.28. The molecule has 0 spiro atoms. The molecular weight excluding hydrogens is 194 g/mol. The molecule has 0 amide bonds. The smallest absolute Gasteiger partial charge is 0.176 e. The summed E-state index contributed by atoms with van der Waals surface area (Å²) in [6.07, 6.45) is 3.80. The normalized spacial score (nSPS) is 12.7. The summed E-state index contributed by atoms with van der Waals surface area (Å²) in [4.78, 5) is 9.52. The van der Waals surface area contributed by atoms with Gasteiger partial charge >= 0.3 is 0 Å². The molecule has 1 atom stereocenters. The second-order valence-electron chi connectivity index (χ2n) is 3.11. The van der Waals surface area contributed by atoms with Crippen LogP contribution in [0.25, 0.3) is 0 Å². The zero-order chi connectivity index (χ0) is 10.7. The van der Waals surface area contributed by atoms with E-state index in [0.29, 0.717) is 18.1 Å². The van der Waals surface area contributed by atoms with Gasteiger partial charge in [0.05, 0.1) is 13.1 Å². The van der Waals surface area contributed by atoms with Crippen molar-refractivity contribution in [1.82, 2.24) is 30.2 Å². The molecule has 1 unspecified atom stereocenters. The molecule has 0 aliphatic carbocycles. The predicted molar refractivity (Wildman–Crippen MR) is 51.5 cm³/mol. The van der Waals surface area contributed by atoms with Crippen molar-refractivity contribution in [3.8, 4) is 0 Å². The number of nitrogens with zero attached hydrogens (tertiary/aromatic N) is 6. The monoisotopic (exact) mass is 205 g/mol. The SMILES string of the molecule is Cn1nnc(CC(N)c2ncccn2)n1. The van der Waals surface area contributed by atoms with Crippen molar-refractivity contribution in [2.24, 2.45) is 12.8 Å². The van der Waals surface area contributed by atoms with Crippen LogP contribution in [0.15, 0.2) is 18.5 Å². The molecule has 7 heteroatoms. The van der Waals surface area contributed by atoms with E-state index in [-0.39, 0.29) is 6.04 Å². The number of hydrogen-bond acceptors (Lipinski definition) is 6. The summed E-state index contributed by atoms with van der Waals surface area (Å²) in [5.41, 5.74) is 5.89. The Morgan fingerprint density at radius 2 is 2.13 bits per heavy atom. The Morgan fingerprint density at radius 1 is 1.40 bits per heavy atom. The summed E-state index contributed by atoms with van der Waals surface area (Å²) in [5.74, 6) is 1.18. The molecule has 2 aromatic rings. The van der Waals surface area contributed by atoms with E-state index in [9.17, 15) is 0 Å². The summed E-state index contributed by atoms with van der Waals surface area (Å²) in [7, 11) is 1.71. The average molecular weight is 205 g/mol. The highest BCUT2D eigenvalue weighted by Gasteiger charge is 2.12. The van der Waals surface area contributed by atoms with Crippen molar-refractivity contribution in [2.45, 2.75) is 12.5 Å². The molecule has 78 valence electrons. The van der Waals surface area contributed by atoms with E-state index < -0.39 is 0 Å². The Bertz CT molecular complexity index is 424. The van der Waals surface area contributed by atoms with Crippen molar-refractivity contribution in [1.29, 1.82) is 0 Å². The molecule has 7 nitrogen and oxygen atoms in total.